The van der Waals surface area contributed by atoms with E-state index in [1.165, 1.54) is 25.5 Å². The Kier molecular flexibility index (Phi) is 5.02. The van der Waals surface area contributed by atoms with Crippen molar-refractivity contribution in [2.24, 2.45) is 23.2 Å². The normalized spacial score (nSPS) is 37.6. The smallest absolute Gasteiger partial charge is 0.242 e. The average Bonchev–Trinajstić information content (AvgIpc) is 3.05. The van der Waals surface area contributed by atoms with Gasteiger partial charge in [0.1, 0.15) is 15.9 Å². The number of hydrogen-bond acceptors (Lipinski definition) is 4. The fourth-order valence-electron chi connectivity index (χ4n) is 6.62. The lowest BCUT2D eigenvalue weighted by molar-refractivity contribution is -0.160. The van der Waals surface area contributed by atoms with E-state index in [-0.39, 0.29) is 29.0 Å². The van der Waals surface area contributed by atoms with E-state index >= 15 is 0 Å². The monoisotopic (exact) mass is 396 g/mol. The molecule has 1 unspecified atom stereocenters. The van der Waals surface area contributed by atoms with E-state index in [9.17, 15) is 18.0 Å². The molecule has 7 heteroatoms. The molecule has 1 heterocycles. The van der Waals surface area contributed by atoms with Gasteiger partial charge in [-0.3, -0.25) is 9.59 Å². The lowest BCUT2D eigenvalue weighted by atomic mass is 9.49. The summed E-state index contributed by atoms with van der Waals surface area (Å²) in [5, 5.41) is 2.86. The minimum Gasteiger partial charge on any atom is -0.354 e. The van der Waals surface area contributed by atoms with Gasteiger partial charge < -0.3 is 10.2 Å². The molecule has 5 fully saturated rings. The lowest BCUT2D eigenvalue weighted by Crippen LogP contribution is -2.57. The minimum atomic E-state index is -3.01. The molecular formula is C20H32N2O4S. The molecule has 2 amide bonds. The molecule has 1 atom stereocenters. The van der Waals surface area contributed by atoms with E-state index in [0.29, 0.717) is 37.3 Å². The van der Waals surface area contributed by atoms with Gasteiger partial charge in [0.25, 0.3) is 0 Å². The number of sulfone groups is 1. The summed E-state index contributed by atoms with van der Waals surface area (Å²) in [7, 11) is -3.01. The highest BCUT2D eigenvalue weighted by Gasteiger charge is 2.56. The topological polar surface area (TPSA) is 83.6 Å². The summed E-state index contributed by atoms with van der Waals surface area (Å²) < 4.78 is 22.4. The van der Waals surface area contributed by atoms with Gasteiger partial charge in [0.05, 0.1) is 11.2 Å². The van der Waals surface area contributed by atoms with Crippen LogP contribution < -0.4 is 5.32 Å². The first-order chi connectivity index (χ1) is 12.8. The molecule has 1 N–H and O–H groups in total. The number of nitrogens with one attached hydrogen (secondary N) is 1. The number of nitrogens with zero attached hydrogens (tertiary/aromatic N) is 1. The second-order valence-electron chi connectivity index (χ2n) is 9.63. The van der Waals surface area contributed by atoms with E-state index in [1.807, 2.05) is 4.90 Å². The van der Waals surface area contributed by atoms with Crippen molar-refractivity contribution in [3.8, 4) is 0 Å². The number of carbonyl (C=O) groups excluding carboxylic acids is 2. The Morgan fingerprint density at radius 2 is 1.67 bits per heavy atom. The molecule has 4 bridgehead atoms. The summed E-state index contributed by atoms with van der Waals surface area (Å²) >= 11 is 0. The Hall–Kier alpha value is -1.11. The van der Waals surface area contributed by atoms with Crippen molar-refractivity contribution in [1.82, 2.24) is 10.2 Å². The predicted molar refractivity (Wildman–Crippen MR) is 103 cm³/mol. The zero-order valence-corrected chi connectivity index (χ0v) is 17.1. The van der Waals surface area contributed by atoms with Crippen molar-refractivity contribution < 1.29 is 18.0 Å². The fourth-order valence-corrected chi connectivity index (χ4v) is 7.29. The number of amides is 2. The third-order valence-corrected chi connectivity index (χ3v) is 8.33. The zero-order chi connectivity index (χ0) is 19.2. The van der Waals surface area contributed by atoms with E-state index in [2.05, 4.69) is 5.32 Å². The summed E-state index contributed by atoms with van der Waals surface area (Å²) in [6, 6.07) is -0.372. The van der Waals surface area contributed by atoms with Crippen LogP contribution in [-0.2, 0) is 19.4 Å². The Morgan fingerprint density at radius 3 is 2.22 bits per heavy atom. The van der Waals surface area contributed by atoms with Crippen molar-refractivity contribution in [3.05, 3.63) is 0 Å². The van der Waals surface area contributed by atoms with Gasteiger partial charge in [0, 0.05) is 19.3 Å². The van der Waals surface area contributed by atoms with Crippen LogP contribution in [0, 0.1) is 23.2 Å². The molecule has 0 aromatic carbocycles. The maximum absolute atomic E-state index is 13.5. The predicted octanol–water partition coefficient (Wildman–Crippen LogP) is 1.74. The Balaban J connectivity index is 1.38. The van der Waals surface area contributed by atoms with Crippen LogP contribution >= 0.6 is 0 Å². The molecule has 1 saturated heterocycles. The van der Waals surface area contributed by atoms with Crippen molar-refractivity contribution in [2.75, 3.05) is 25.1 Å². The Morgan fingerprint density at radius 1 is 1.07 bits per heavy atom. The highest BCUT2D eigenvalue weighted by Crippen LogP contribution is 2.60. The van der Waals surface area contributed by atoms with Gasteiger partial charge in [-0.2, -0.15) is 0 Å². The quantitative estimate of drug-likeness (QED) is 0.693. The molecule has 0 spiro atoms. The van der Waals surface area contributed by atoms with Crippen molar-refractivity contribution in [2.45, 2.75) is 63.8 Å². The highest BCUT2D eigenvalue weighted by atomic mass is 32.2. The summed E-state index contributed by atoms with van der Waals surface area (Å²) in [5.41, 5.74) is -0.200. The number of rotatable bonds is 6. The van der Waals surface area contributed by atoms with Crippen LogP contribution in [0.2, 0.25) is 0 Å². The molecule has 6 nitrogen and oxygen atoms in total. The third-order valence-electron chi connectivity index (χ3n) is 7.30. The van der Waals surface area contributed by atoms with E-state index in [4.69, 9.17) is 0 Å². The van der Waals surface area contributed by atoms with Crippen LogP contribution in [0.5, 0.6) is 0 Å². The van der Waals surface area contributed by atoms with Gasteiger partial charge in [-0.1, -0.05) is 0 Å². The van der Waals surface area contributed by atoms with Gasteiger partial charge in [-0.05, 0) is 75.5 Å². The van der Waals surface area contributed by atoms with E-state index < -0.39 is 9.84 Å². The maximum Gasteiger partial charge on any atom is 0.242 e. The third kappa shape index (κ3) is 3.89. The lowest BCUT2D eigenvalue weighted by Gasteiger charge is -2.56. The van der Waals surface area contributed by atoms with Crippen molar-refractivity contribution in [3.63, 3.8) is 0 Å². The molecule has 0 aromatic rings. The molecule has 4 saturated carbocycles. The van der Waals surface area contributed by atoms with Crippen molar-refractivity contribution in [1.29, 1.82) is 0 Å². The average molecular weight is 397 g/mol. The zero-order valence-electron chi connectivity index (χ0n) is 16.3. The number of likely N-dealkylation sites (tertiary alicyclic amines) is 1. The molecule has 152 valence electrons. The van der Waals surface area contributed by atoms with Gasteiger partial charge in [-0.25, -0.2) is 8.42 Å². The first kappa shape index (κ1) is 19.2. The molecule has 0 aromatic heterocycles. The van der Waals surface area contributed by atoms with Gasteiger partial charge in [0.15, 0.2) is 0 Å². The van der Waals surface area contributed by atoms with Crippen LogP contribution in [-0.4, -0.2) is 56.3 Å². The first-order valence-electron chi connectivity index (χ1n) is 10.5. The highest BCUT2D eigenvalue weighted by molar-refractivity contribution is 7.90. The second-order valence-corrected chi connectivity index (χ2v) is 11.9. The van der Waals surface area contributed by atoms with Crippen LogP contribution in [0.4, 0.5) is 0 Å². The largest absolute Gasteiger partial charge is 0.354 e. The fraction of sp³-hybridized carbons (Fsp3) is 0.900. The first-order valence-corrected chi connectivity index (χ1v) is 12.6. The van der Waals surface area contributed by atoms with Crippen molar-refractivity contribution >= 4 is 21.7 Å². The molecule has 1 aliphatic heterocycles. The molecule has 27 heavy (non-hydrogen) atoms. The molecular weight excluding hydrogens is 364 g/mol. The molecule has 0 radical (unpaired) electrons. The summed E-state index contributed by atoms with van der Waals surface area (Å²) in [4.78, 5) is 28.1. The SMILES string of the molecule is CS(=O)(=O)CCCNC(=O)C1CCCN1C(=O)C12CC3CC(CC(C3)C1)C2. The van der Waals surface area contributed by atoms with Crippen LogP contribution in [0.25, 0.3) is 0 Å². The van der Waals surface area contributed by atoms with E-state index in [1.54, 1.807) is 0 Å². The summed E-state index contributed by atoms with van der Waals surface area (Å²) in [5.74, 6) is 2.34. The Bertz CT molecular complexity index is 682. The minimum absolute atomic E-state index is 0.0772. The Labute approximate surface area is 162 Å². The molecule has 5 rings (SSSR count). The number of hydrogen-bond donors (Lipinski definition) is 1. The van der Waals surface area contributed by atoms with Crippen LogP contribution in [0.1, 0.15) is 57.8 Å². The summed E-state index contributed by atoms with van der Waals surface area (Å²) in [6.45, 7) is 1.03. The van der Waals surface area contributed by atoms with Gasteiger partial charge in [-0.15, -0.1) is 0 Å². The summed E-state index contributed by atoms with van der Waals surface area (Å²) in [6.07, 6.45) is 10.2. The maximum atomic E-state index is 13.5. The van der Waals surface area contributed by atoms with E-state index in [0.717, 1.165) is 32.1 Å². The standard InChI is InChI=1S/C20H32N2O4S/c1-27(25,26)7-3-5-21-18(23)17-4-2-6-22(17)19(24)20-11-14-8-15(12-20)10-16(9-14)13-20/h14-17H,2-13H2,1H3,(H,21,23). The van der Waals surface area contributed by atoms with Crippen LogP contribution in [0.3, 0.4) is 0 Å². The number of carbonyl (C=O) groups is 2. The van der Waals surface area contributed by atoms with Gasteiger partial charge >= 0.3 is 0 Å². The molecule has 5 aliphatic rings. The molecule has 4 aliphatic carbocycles. The second kappa shape index (κ2) is 7.05. The van der Waals surface area contributed by atoms with Gasteiger partial charge in [0.2, 0.25) is 11.8 Å². The van der Waals surface area contributed by atoms with Crippen LogP contribution in [0.15, 0.2) is 0 Å².